The molecule has 11 heavy (non-hydrogen) atoms. The summed E-state index contributed by atoms with van der Waals surface area (Å²) in [5.41, 5.74) is 0. The van der Waals surface area contributed by atoms with E-state index < -0.39 is 0 Å². The largest absolute Gasteiger partial charge is 0.377 e. The van der Waals surface area contributed by atoms with E-state index in [-0.39, 0.29) is 11.9 Å². The van der Waals surface area contributed by atoms with Gasteiger partial charge in [0.25, 0.3) is 0 Å². The second-order valence-corrected chi connectivity index (χ2v) is 3.40. The van der Waals surface area contributed by atoms with E-state index in [1.165, 1.54) is 0 Å². The summed E-state index contributed by atoms with van der Waals surface area (Å²) >= 11 is 0. The highest BCUT2D eigenvalue weighted by molar-refractivity contribution is 5.76. The van der Waals surface area contributed by atoms with Crippen LogP contribution >= 0.6 is 0 Å². The molecule has 0 atom stereocenters. The van der Waals surface area contributed by atoms with Crippen molar-refractivity contribution in [1.82, 2.24) is 5.32 Å². The Morgan fingerprint density at radius 3 is 2.64 bits per heavy atom. The highest BCUT2D eigenvalue weighted by atomic mass is 16.5. The monoisotopic (exact) mass is 157 g/mol. The number of carbonyl (C=O) groups excluding carboxylic acids is 1. The van der Waals surface area contributed by atoms with Gasteiger partial charge in [0.05, 0.1) is 19.3 Å². The Morgan fingerprint density at radius 1 is 1.64 bits per heavy atom. The molecule has 1 rings (SSSR count). The summed E-state index contributed by atoms with van der Waals surface area (Å²) in [6, 6.07) is 0.279. The maximum absolute atomic E-state index is 11.1. The van der Waals surface area contributed by atoms with Crippen LogP contribution in [-0.2, 0) is 9.53 Å². The lowest BCUT2D eigenvalue weighted by atomic mass is 10.1. The fourth-order valence-corrected chi connectivity index (χ4v) is 0.976. The van der Waals surface area contributed by atoms with E-state index in [1.807, 2.05) is 13.8 Å². The SMILES string of the molecule is CC(C)CC(=O)NC1COC1. The molecule has 1 heterocycles. The van der Waals surface area contributed by atoms with Gasteiger partial charge < -0.3 is 10.1 Å². The molecule has 0 saturated carbocycles. The number of ether oxygens (including phenoxy) is 1. The molecular weight excluding hydrogens is 142 g/mol. The van der Waals surface area contributed by atoms with Crippen LogP contribution in [0.15, 0.2) is 0 Å². The van der Waals surface area contributed by atoms with Crippen LogP contribution in [0, 0.1) is 5.92 Å². The molecule has 0 aromatic carbocycles. The van der Waals surface area contributed by atoms with Crippen molar-refractivity contribution in [1.29, 1.82) is 0 Å². The van der Waals surface area contributed by atoms with Gasteiger partial charge in [0.2, 0.25) is 5.91 Å². The van der Waals surface area contributed by atoms with Crippen LogP contribution in [0.3, 0.4) is 0 Å². The van der Waals surface area contributed by atoms with Crippen molar-refractivity contribution >= 4 is 5.91 Å². The fraction of sp³-hybridized carbons (Fsp3) is 0.875. The lowest BCUT2D eigenvalue weighted by Crippen LogP contribution is -2.48. The topological polar surface area (TPSA) is 38.3 Å². The van der Waals surface area contributed by atoms with E-state index in [9.17, 15) is 4.79 Å². The van der Waals surface area contributed by atoms with Gasteiger partial charge >= 0.3 is 0 Å². The number of carbonyl (C=O) groups is 1. The van der Waals surface area contributed by atoms with Crippen molar-refractivity contribution < 1.29 is 9.53 Å². The van der Waals surface area contributed by atoms with Crippen LogP contribution in [0.5, 0.6) is 0 Å². The quantitative estimate of drug-likeness (QED) is 0.649. The van der Waals surface area contributed by atoms with Crippen LogP contribution in [-0.4, -0.2) is 25.2 Å². The summed E-state index contributed by atoms with van der Waals surface area (Å²) in [5, 5.41) is 2.88. The second-order valence-electron chi connectivity index (χ2n) is 3.40. The van der Waals surface area contributed by atoms with Crippen molar-refractivity contribution in [3.05, 3.63) is 0 Å². The Labute approximate surface area is 67.1 Å². The van der Waals surface area contributed by atoms with Gasteiger partial charge in [-0.15, -0.1) is 0 Å². The molecule has 0 spiro atoms. The first-order valence-electron chi connectivity index (χ1n) is 4.05. The van der Waals surface area contributed by atoms with Crippen LogP contribution in [0.2, 0.25) is 0 Å². The highest BCUT2D eigenvalue weighted by Crippen LogP contribution is 2.03. The van der Waals surface area contributed by atoms with Crippen LogP contribution in [0.4, 0.5) is 0 Å². The zero-order valence-corrected chi connectivity index (χ0v) is 7.09. The third kappa shape index (κ3) is 2.89. The Balaban J connectivity index is 2.09. The summed E-state index contributed by atoms with van der Waals surface area (Å²) in [5.74, 6) is 0.587. The molecule has 0 unspecified atom stereocenters. The Kier molecular flexibility index (Phi) is 2.88. The van der Waals surface area contributed by atoms with Gasteiger partial charge in [0, 0.05) is 6.42 Å². The number of hydrogen-bond donors (Lipinski definition) is 1. The first kappa shape index (κ1) is 8.53. The lowest BCUT2D eigenvalue weighted by Gasteiger charge is -2.27. The summed E-state index contributed by atoms with van der Waals surface area (Å²) in [4.78, 5) is 11.1. The molecule has 1 aliphatic heterocycles. The zero-order chi connectivity index (χ0) is 8.27. The van der Waals surface area contributed by atoms with Crippen molar-refractivity contribution in [2.24, 2.45) is 5.92 Å². The number of nitrogens with one attached hydrogen (secondary N) is 1. The Morgan fingerprint density at radius 2 is 2.27 bits per heavy atom. The van der Waals surface area contributed by atoms with E-state index >= 15 is 0 Å². The van der Waals surface area contributed by atoms with E-state index in [0.717, 1.165) is 0 Å². The van der Waals surface area contributed by atoms with Gasteiger partial charge in [-0.05, 0) is 5.92 Å². The fourth-order valence-electron chi connectivity index (χ4n) is 0.976. The number of rotatable bonds is 3. The van der Waals surface area contributed by atoms with E-state index in [2.05, 4.69) is 5.32 Å². The molecule has 1 fully saturated rings. The Hall–Kier alpha value is -0.570. The average Bonchev–Trinajstić information content (AvgIpc) is 1.77. The van der Waals surface area contributed by atoms with Crippen molar-refractivity contribution in [2.45, 2.75) is 26.3 Å². The van der Waals surface area contributed by atoms with Crippen LogP contribution in [0.25, 0.3) is 0 Å². The van der Waals surface area contributed by atoms with Gasteiger partial charge in [-0.3, -0.25) is 4.79 Å². The first-order chi connectivity index (χ1) is 5.18. The lowest BCUT2D eigenvalue weighted by molar-refractivity contribution is -0.125. The smallest absolute Gasteiger partial charge is 0.220 e. The average molecular weight is 157 g/mol. The molecule has 0 radical (unpaired) electrons. The van der Waals surface area contributed by atoms with Crippen LogP contribution < -0.4 is 5.32 Å². The maximum Gasteiger partial charge on any atom is 0.220 e. The van der Waals surface area contributed by atoms with E-state index in [4.69, 9.17) is 4.74 Å². The predicted molar refractivity (Wildman–Crippen MR) is 42.2 cm³/mol. The minimum absolute atomic E-state index is 0.147. The first-order valence-corrected chi connectivity index (χ1v) is 4.05. The summed E-state index contributed by atoms with van der Waals surface area (Å²) in [6.45, 7) is 5.45. The van der Waals surface area contributed by atoms with Gasteiger partial charge in [-0.1, -0.05) is 13.8 Å². The molecule has 64 valence electrons. The standard InChI is InChI=1S/C8H15NO2/c1-6(2)3-8(10)9-7-4-11-5-7/h6-7H,3-5H2,1-2H3,(H,9,10). The summed E-state index contributed by atoms with van der Waals surface area (Å²) < 4.78 is 4.93. The zero-order valence-electron chi connectivity index (χ0n) is 7.09. The van der Waals surface area contributed by atoms with Gasteiger partial charge in [-0.25, -0.2) is 0 Å². The minimum Gasteiger partial charge on any atom is -0.377 e. The molecule has 1 N–H and O–H groups in total. The third-order valence-corrected chi connectivity index (χ3v) is 1.60. The second kappa shape index (κ2) is 3.72. The molecule has 1 amide bonds. The van der Waals surface area contributed by atoms with Gasteiger partial charge in [0.1, 0.15) is 0 Å². The number of amides is 1. The van der Waals surface area contributed by atoms with Crippen molar-refractivity contribution in [3.63, 3.8) is 0 Å². The van der Waals surface area contributed by atoms with Gasteiger partial charge in [-0.2, -0.15) is 0 Å². The predicted octanol–water partition coefficient (Wildman–Crippen LogP) is 0.547. The molecule has 0 aromatic rings. The minimum atomic E-state index is 0.147. The molecule has 1 aliphatic rings. The highest BCUT2D eigenvalue weighted by Gasteiger charge is 2.20. The van der Waals surface area contributed by atoms with E-state index in [1.54, 1.807) is 0 Å². The van der Waals surface area contributed by atoms with Crippen molar-refractivity contribution in [3.8, 4) is 0 Å². The Bertz CT molecular complexity index is 141. The molecule has 0 aromatic heterocycles. The summed E-state index contributed by atoms with van der Waals surface area (Å²) in [7, 11) is 0. The third-order valence-electron chi connectivity index (χ3n) is 1.60. The molecule has 1 saturated heterocycles. The maximum atomic E-state index is 11.1. The number of hydrogen-bond acceptors (Lipinski definition) is 2. The normalized spacial score (nSPS) is 18.1. The molecule has 0 aliphatic carbocycles. The molecule has 3 heteroatoms. The molecule has 0 bridgehead atoms. The molecule has 3 nitrogen and oxygen atoms in total. The molecular formula is C8H15NO2. The summed E-state index contributed by atoms with van der Waals surface area (Å²) in [6.07, 6.45) is 0.622. The van der Waals surface area contributed by atoms with Crippen molar-refractivity contribution in [2.75, 3.05) is 13.2 Å². The van der Waals surface area contributed by atoms with Gasteiger partial charge in [0.15, 0.2) is 0 Å². The van der Waals surface area contributed by atoms with E-state index in [0.29, 0.717) is 25.6 Å². The van der Waals surface area contributed by atoms with Crippen LogP contribution in [0.1, 0.15) is 20.3 Å².